The van der Waals surface area contributed by atoms with E-state index in [1.807, 2.05) is 0 Å². The fraction of sp³-hybridized carbons (Fsp3) is 0.700. The molecular formula is C10H16N5O7P. The number of hydrogen-bond donors (Lipinski definition) is 5. The molecule has 0 saturated carbocycles. The van der Waals surface area contributed by atoms with Gasteiger partial charge in [-0.25, -0.2) is 14.5 Å². The number of phosphoric acid groups is 1. The molecule has 6 N–H and O–H groups in total. The number of nitrogens with two attached hydrogens (primary N) is 1. The van der Waals surface area contributed by atoms with Crippen molar-refractivity contribution in [3.63, 3.8) is 0 Å². The molecule has 0 radical (unpaired) electrons. The molecule has 0 aliphatic carbocycles. The van der Waals surface area contributed by atoms with Crippen molar-refractivity contribution < 1.29 is 33.8 Å². The lowest BCUT2D eigenvalue weighted by atomic mass is 10.1. The summed E-state index contributed by atoms with van der Waals surface area (Å²) in [5, 5.41) is 20.1. The normalized spacial score (nSPS) is 39.7. The van der Waals surface area contributed by atoms with E-state index in [1.54, 1.807) is 0 Å². The summed E-state index contributed by atoms with van der Waals surface area (Å²) in [7, 11) is -4.71. The Morgan fingerprint density at radius 1 is 1.35 bits per heavy atom. The first-order valence-electron chi connectivity index (χ1n) is 6.65. The van der Waals surface area contributed by atoms with Crippen LogP contribution in [0.3, 0.4) is 0 Å². The van der Waals surface area contributed by atoms with Gasteiger partial charge in [-0.05, 0) is 0 Å². The van der Waals surface area contributed by atoms with Crippen LogP contribution in [0.1, 0.15) is 0 Å². The molecule has 1 fully saturated rings. The maximum Gasteiger partial charge on any atom is 0.469 e. The minimum absolute atomic E-state index is 0.262. The summed E-state index contributed by atoms with van der Waals surface area (Å²) in [6.07, 6.45) is -2.79. The molecule has 0 spiro atoms. The highest BCUT2D eigenvalue weighted by Crippen LogP contribution is 2.37. The summed E-state index contributed by atoms with van der Waals surface area (Å²) >= 11 is 0. The highest BCUT2D eigenvalue weighted by atomic mass is 31.2. The summed E-state index contributed by atoms with van der Waals surface area (Å²) in [6.45, 7) is -0.578. The smallest absolute Gasteiger partial charge is 0.387 e. The lowest BCUT2D eigenvalue weighted by Gasteiger charge is -2.31. The van der Waals surface area contributed by atoms with Gasteiger partial charge in [-0.3, -0.25) is 9.52 Å². The van der Waals surface area contributed by atoms with Gasteiger partial charge in [-0.15, -0.1) is 0 Å². The molecule has 23 heavy (non-hydrogen) atoms. The van der Waals surface area contributed by atoms with E-state index in [0.717, 1.165) is 0 Å². The Bertz CT molecular complexity index is 606. The second kappa shape index (κ2) is 5.91. The van der Waals surface area contributed by atoms with Gasteiger partial charge in [0.1, 0.15) is 36.5 Å². The van der Waals surface area contributed by atoms with Crippen LogP contribution in [0.4, 0.5) is 0 Å². The van der Waals surface area contributed by atoms with E-state index in [1.165, 1.54) is 17.6 Å². The Labute approximate surface area is 130 Å². The van der Waals surface area contributed by atoms with E-state index in [0.29, 0.717) is 0 Å². The standard InChI is InChI=1S/C10H16N5O7P/c11-8-5-9(13-2-12-8)15(3-14-5)10-7(17)6(16)4(22-10)1-21-23(18,19)20/h2-7,9-10,16-17H,1H2,(H2,11,12,13)(H2,18,19,20)/t4-,5?,6-,7-,9?,10-/m1/s1. The molecule has 3 aliphatic heterocycles. The Morgan fingerprint density at radius 2 is 2.09 bits per heavy atom. The number of ether oxygens (including phenoxy) is 1. The van der Waals surface area contributed by atoms with Crippen molar-refractivity contribution in [1.82, 2.24) is 4.90 Å². The molecule has 3 rings (SSSR count). The molecule has 1 saturated heterocycles. The molecule has 0 aromatic heterocycles. The predicted molar refractivity (Wildman–Crippen MR) is 76.7 cm³/mol. The van der Waals surface area contributed by atoms with Gasteiger partial charge in [0, 0.05) is 0 Å². The van der Waals surface area contributed by atoms with Gasteiger partial charge >= 0.3 is 7.82 Å². The van der Waals surface area contributed by atoms with E-state index in [-0.39, 0.29) is 5.84 Å². The Kier molecular flexibility index (Phi) is 4.23. The average molecular weight is 349 g/mol. The monoisotopic (exact) mass is 349 g/mol. The third-order valence-corrected chi connectivity index (χ3v) is 4.20. The number of aliphatic hydroxyl groups excluding tert-OH is 2. The number of hydrogen-bond acceptors (Lipinski definition) is 10. The molecule has 3 heterocycles. The maximum atomic E-state index is 10.7. The number of amidine groups is 1. The van der Waals surface area contributed by atoms with Crippen LogP contribution in [-0.4, -0.2) is 86.8 Å². The minimum atomic E-state index is -4.71. The molecule has 128 valence electrons. The molecule has 0 aromatic rings. The SMILES string of the molecule is NC1=NC=NC2C1N=CN2[C@@H]1O[C@H](COP(=O)(O)O)[C@@H](O)[C@H]1O. The molecule has 0 amide bonds. The van der Waals surface area contributed by atoms with E-state index in [4.69, 9.17) is 20.3 Å². The topological polar surface area (TPSA) is 183 Å². The average Bonchev–Trinajstić information content (AvgIpc) is 3.01. The lowest BCUT2D eigenvalue weighted by Crippen LogP contribution is -2.51. The number of phosphoric ester groups is 1. The predicted octanol–water partition coefficient (Wildman–Crippen LogP) is -3.02. The Morgan fingerprint density at radius 3 is 2.78 bits per heavy atom. The van der Waals surface area contributed by atoms with Gasteiger partial charge in [-0.2, -0.15) is 0 Å². The third kappa shape index (κ3) is 3.15. The molecule has 6 atom stereocenters. The number of fused-ring (bicyclic) bond motifs is 1. The lowest BCUT2D eigenvalue weighted by molar-refractivity contribution is -0.0771. The van der Waals surface area contributed by atoms with Crippen molar-refractivity contribution in [3.8, 4) is 0 Å². The van der Waals surface area contributed by atoms with E-state index in [2.05, 4.69) is 19.5 Å². The Hall–Kier alpha value is -1.40. The molecule has 0 bridgehead atoms. The van der Waals surface area contributed by atoms with E-state index in [9.17, 15) is 14.8 Å². The second-order valence-corrected chi connectivity index (χ2v) is 6.46. The zero-order chi connectivity index (χ0) is 16.8. The molecule has 3 aliphatic rings. The van der Waals surface area contributed by atoms with Crippen molar-refractivity contribution in [2.24, 2.45) is 20.7 Å². The highest BCUT2D eigenvalue weighted by molar-refractivity contribution is 7.46. The van der Waals surface area contributed by atoms with Crippen LogP contribution >= 0.6 is 7.82 Å². The van der Waals surface area contributed by atoms with Gasteiger partial charge in [-0.1, -0.05) is 0 Å². The number of rotatable bonds is 4. The molecule has 0 aromatic carbocycles. The fourth-order valence-corrected chi connectivity index (χ4v) is 2.93. The largest absolute Gasteiger partial charge is 0.469 e. The summed E-state index contributed by atoms with van der Waals surface area (Å²) < 4.78 is 20.5. The summed E-state index contributed by atoms with van der Waals surface area (Å²) in [5.41, 5.74) is 5.72. The van der Waals surface area contributed by atoms with Crippen molar-refractivity contribution in [2.75, 3.05) is 6.61 Å². The van der Waals surface area contributed by atoms with Gasteiger partial charge in [0.15, 0.2) is 12.4 Å². The number of aliphatic imine (C=N–C) groups is 3. The van der Waals surface area contributed by atoms with Crippen molar-refractivity contribution in [2.45, 2.75) is 36.7 Å². The quantitative estimate of drug-likeness (QED) is 0.330. The van der Waals surface area contributed by atoms with Crippen LogP contribution in [0.25, 0.3) is 0 Å². The van der Waals surface area contributed by atoms with Crippen molar-refractivity contribution in [1.29, 1.82) is 0 Å². The van der Waals surface area contributed by atoms with Gasteiger partial charge in [0.25, 0.3) is 0 Å². The van der Waals surface area contributed by atoms with Crippen LogP contribution in [0.15, 0.2) is 15.0 Å². The van der Waals surface area contributed by atoms with E-state index < -0.39 is 51.2 Å². The first-order valence-corrected chi connectivity index (χ1v) is 8.18. The second-order valence-electron chi connectivity index (χ2n) is 5.22. The van der Waals surface area contributed by atoms with Crippen molar-refractivity contribution in [3.05, 3.63) is 0 Å². The number of nitrogens with zero attached hydrogens (tertiary/aromatic N) is 4. The Balaban J connectivity index is 1.70. The van der Waals surface area contributed by atoms with Crippen LogP contribution < -0.4 is 5.73 Å². The molecule has 13 heteroatoms. The van der Waals surface area contributed by atoms with Crippen LogP contribution in [0, 0.1) is 0 Å². The highest BCUT2D eigenvalue weighted by Gasteiger charge is 2.50. The van der Waals surface area contributed by atoms with E-state index >= 15 is 0 Å². The minimum Gasteiger partial charge on any atom is -0.387 e. The zero-order valence-corrected chi connectivity index (χ0v) is 12.5. The van der Waals surface area contributed by atoms with Crippen molar-refractivity contribution >= 4 is 26.3 Å². The zero-order valence-electron chi connectivity index (χ0n) is 11.7. The van der Waals surface area contributed by atoms with Gasteiger partial charge in [0.2, 0.25) is 0 Å². The van der Waals surface area contributed by atoms with Crippen LogP contribution in [0.2, 0.25) is 0 Å². The fourth-order valence-electron chi connectivity index (χ4n) is 2.59. The summed E-state index contributed by atoms with van der Waals surface area (Å²) in [5.74, 6) is 0.262. The maximum absolute atomic E-state index is 10.7. The molecule has 12 nitrogen and oxygen atoms in total. The van der Waals surface area contributed by atoms with Gasteiger partial charge < -0.3 is 35.4 Å². The number of aliphatic hydroxyl groups is 2. The first-order chi connectivity index (χ1) is 10.8. The van der Waals surface area contributed by atoms with Gasteiger partial charge in [0.05, 0.1) is 12.9 Å². The first kappa shape index (κ1) is 16.5. The summed E-state index contributed by atoms with van der Waals surface area (Å²) in [4.78, 5) is 31.0. The molecular weight excluding hydrogens is 333 g/mol. The van der Waals surface area contributed by atoms with Crippen LogP contribution in [0.5, 0.6) is 0 Å². The molecule has 2 unspecified atom stereocenters. The van der Waals surface area contributed by atoms with Crippen LogP contribution in [-0.2, 0) is 13.8 Å². The third-order valence-electron chi connectivity index (χ3n) is 3.72. The summed E-state index contributed by atoms with van der Waals surface area (Å²) in [6, 6.07) is -0.515.